The number of halogens is 1. The molecule has 1 heterocycles. The van der Waals surface area contributed by atoms with Crippen molar-refractivity contribution in [2.45, 2.75) is 32.2 Å². The van der Waals surface area contributed by atoms with E-state index in [0.717, 1.165) is 41.3 Å². The number of hydrogen-bond acceptors (Lipinski definition) is 6. The van der Waals surface area contributed by atoms with Crippen molar-refractivity contribution in [2.75, 3.05) is 20.8 Å². The van der Waals surface area contributed by atoms with Gasteiger partial charge in [-0.2, -0.15) is 0 Å². The molecular weight excluding hydrogens is 612 g/mol. The number of methoxy groups -OCH3 is 2. The second-order valence-corrected chi connectivity index (χ2v) is 11.7. The highest BCUT2D eigenvalue weighted by Crippen LogP contribution is 2.33. The number of carbonyl (C=O) groups excluding carboxylic acids is 3. The average molecular weight is 646 g/mol. The number of aromatic nitrogens is 1. The van der Waals surface area contributed by atoms with Crippen LogP contribution in [0.3, 0.4) is 0 Å². The summed E-state index contributed by atoms with van der Waals surface area (Å²) in [6, 6.07) is 21.9. The maximum absolute atomic E-state index is 13.8. The van der Waals surface area contributed by atoms with Crippen LogP contribution < -0.4 is 10.9 Å². The van der Waals surface area contributed by atoms with Crippen molar-refractivity contribution in [1.29, 1.82) is 0 Å². The molecule has 0 unspecified atom stereocenters. The predicted molar refractivity (Wildman–Crippen MR) is 168 cm³/mol. The van der Waals surface area contributed by atoms with Gasteiger partial charge < -0.3 is 14.8 Å². The lowest BCUT2D eigenvalue weighted by atomic mass is 9.82. The van der Waals surface area contributed by atoms with Crippen LogP contribution in [0.15, 0.2) is 82.1 Å². The number of carbonyl (C=O) groups is 3. The first-order valence-corrected chi connectivity index (χ1v) is 15.0. The average Bonchev–Trinajstić information content (AvgIpc) is 3.04. The van der Waals surface area contributed by atoms with Crippen LogP contribution in [0.4, 0.5) is 0 Å². The van der Waals surface area contributed by atoms with Crippen molar-refractivity contribution in [3.8, 4) is 11.1 Å². The van der Waals surface area contributed by atoms with Gasteiger partial charge in [-0.05, 0) is 78.4 Å². The number of amides is 1. The normalized spacial score (nSPS) is 16.4. The second kappa shape index (κ2) is 13.4. The summed E-state index contributed by atoms with van der Waals surface area (Å²) in [5.74, 6) is -0.687. The van der Waals surface area contributed by atoms with Crippen LogP contribution in [-0.4, -0.2) is 43.2 Å². The van der Waals surface area contributed by atoms with Gasteiger partial charge in [-0.15, -0.1) is 0 Å². The summed E-state index contributed by atoms with van der Waals surface area (Å²) in [5.41, 5.74) is 2.49. The number of pyridine rings is 1. The molecule has 1 aliphatic carbocycles. The molecule has 0 aliphatic heterocycles. The topological polar surface area (TPSA) is 104 Å². The highest BCUT2D eigenvalue weighted by Gasteiger charge is 2.27. The van der Waals surface area contributed by atoms with Crippen molar-refractivity contribution in [3.63, 3.8) is 0 Å². The highest BCUT2D eigenvalue weighted by atomic mass is 79.9. The maximum Gasteiger partial charge on any atom is 0.355 e. The number of rotatable bonds is 8. The van der Waals surface area contributed by atoms with Gasteiger partial charge in [-0.1, -0.05) is 58.4 Å². The summed E-state index contributed by atoms with van der Waals surface area (Å²) in [5, 5.41) is 4.14. The van der Waals surface area contributed by atoms with Gasteiger partial charge >= 0.3 is 11.9 Å². The lowest BCUT2D eigenvalue weighted by Gasteiger charge is -2.27. The molecule has 1 fully saturated rings. The Balaban J connectivity index is 1.39. The number of nitrogens with zero attached hydrogens (tertiary/aromatic N) is 1. The summed E-state index contributed by atoms with van der Waals surface area (Å²) < 4.78 is 12.3. The van der Waals surface area contributed by atoms with E-state index in [4.69, 9.17) is 9.47 Å². The molecule has 0 spiro atoms. The molecule has 1 aliphatic rings. The zero-order valence-corrected chi connectivity index (χ0v) is 25.7. The molecule has 3 aromatic carbocycles. The van der Waals surface area contributed by atoms with Gasteiger partial charge in [0, 0.05) is 27.5 Å². The van der Waals surface area contributed by atoms with E-state index < -0.39 is 5.97 Å². The number of nitrogens with one attached hydrogen (secondary N) is 1. The minimum absolute atomic E-state index is 0.0510. The number of esters is 2. The molecule has 5 rings (SSSR count). The second-order valence-electron chi connectivity index (χ2n) is 10.8. The third-order valence-corrected chi connectivity index (χ3v) is 8.66. The summed E-state index contributed by atoms with van der Waals surface area (Å²) in [7, 11) is 2.72. The fourth-order valence-corrected chi connectivity index (χ4v) is 6.19. The van der Waals surface area contributed by atoms with Crippen LogP contribution in [0.5, 0.6) is 0 Å². The molecule has 222 valence electrons. The Hall–Kier alpha value is -4.24. The molecular formula is C34H33BrN2O6. The molecule has 4 aromatic rings. The van der Waals surface area contributed by atoms with Crippen LogP contribution >= 0.6 is 15.9 Å². The van der Waals surface area contributed by atoms with Crippen molar-refractivity contribution in [2.24, 2.45) is 11.8 Å². The predicted octanol–water partition coefficient (Wildman–Crippen LogP) is 5.98. The first-order valence-electron chi connectivity index (χ1n) is 14.3. The van der Waals surface area contributed by atoms with E-state index in [9.17, 15) is 19.2 Å². The molecule has 1 N–H and O–H groups in total. The SMILES string of the molecule is COC(=O)c1c(-c2ccccc2)c2cc(Br)ccc2c(=O)n1Cc1ccc(C(=O)NCC2CCC(C(=O)OC)CC2)cc1. The maximum atomic E-state index is 13.8. The number of ether oxygens (including phenoxy) is 2. The van der Waals surface area contributed by atoms with Crippen LogP contribution in [-0.2, 0) is 20.8 Å². The van der Waals surface area contributed by atoms with Crippen molar-refractivity contribution >= 4 is 44.5 Å². The van der Waals surface area contributed by atoms with Crippen LogP contribution in [0.2, 0.25) is 0 Å². The zero-order valence-electron chi connectivity index (χ0n) is 24.1. The first kappa shape index (κ1) is 30.2. The number of benzene rings is 3. The van der Waals surface area contributed by atoms with Crippen LogP contribution in [0.1, 0.15) is 52.1 Å². The lowest BCUT2D eigenvalue weighted by Crippen LogP contribution is -2.32. The van der Waals surface area contributed by atoms with E-state index in [1.54, 1.807) is 36.4 Å². The monoisotopic (exact) mass is 644 g/mol. The molecule has 1 saturated carbocycles. The van der Waals surface area contributed by atoms with Gasteiger partial charge in [0.05, 0.1) is 26.7 Å². The smallest absolute Gasteiger partial charge is 0.355 e. The summed E-state index contributed by atoms with van der Waals surface area (Å²) in [6.45, 7) is 0.655. The Labute approximate surface area is 258 Å². The van der Waals surface area contributed by atoms with E-state index in [-0.39, 0.29) is 35.6 Å². The summed E-state index contributed by atoms with van der Waals surface area (Å²) >= 11 is 3.50. The van der Waals surface area contributed by atoms with E-state index in [1.807, 2.05) is 36.4 Å². The van der Waals surface area contributed by atoms with Crippen molar-refractivity contribution in [3.05, 3.63) is 104 Å². The standard InChI is InChI=1S/C34H33BrN2O6/c1-42-33(40)25-14-8-21(9-15-25)19-36-31(38)24-12-10-22(11-13-24)20-37-30(34(41)43-2)29(23-6-4-3-5-7-23)28-18-26(35)16-17-27(28)32(37)39/h3-7,10-13,16-18,21,25H,8-9,14-15,19-20H2,1-2H3,(H,36,38). The Kier molecular flexibility index (Phi) is 9.40. The first-order chi connectivity index (χ1) is 20.8. The molecule has 0 bridgehead atoms. The molecule has 0 radical (unpaired) electrons. The minimum Gasteiger partial charge on any atom is -0.469 e. The largest absolute Gasteiger partial charge is 0.469 e. The van der Waals surface area contributed by atoms with E-state index >= 15 is 0 Å². The van der Waals surface area contributed by atoms with Gasteiger partial charge in [0.1, 0.15) is 5.69 Å². The molecule has 43 heavy (non-hydrogen) atoms. The van der Waals surface area contributed by atoms with E-state index in [2.05, 4.69) is 21.2 Å². The third kappa shape index (κ3) is 6.57. The quantitative estimate of drug-likeness (QED) is 0.237. The minimum atomic E-state index is -0.616. The van der Waals surface area contributed by atoms with E-state index in [0.29, 0.717) is 34.4 Å². The molecule has 9 heteroatoms. The Morgan fingerprint density at radius 1 is 0.884 bits per heavy atom. The molecule has 8 nitrogen and oxygen atoms in total. The summed E-state index contributed by atoms with van der Waals surface area (Å²) in [6.07, 6.45) is 3.27. The van der Waals surface area contributed by atoms with Gasteiger partial charge in [0.25, 0.3) is 11.5 Å². The highest BCUT2D eigenvalue weighted by molar-refractivity contribution is 9.10. The van der Waals surface area contributed by atoms with Crippen LogP contribution in [0.25, 0.3) is 21.9 Å². The van der Waals surface area contributed by atoms with Gasteiger partial charge in [0.2, 0.25) is 0 Å². The molecule has 1 aromatic heterocycles. The fourth-order valence-electron chi connectivity index (χ4n) is 5.83. The third-order valence-electron chi connectivity index (χ3n) is 8.16. The Bertz CT molecular complexity index is 1710. The lowest BCUT2D eigenvalue weighted by molar-refractivity contribution is -0.146. The molecule has 1 amide bonds. The van der Waals surface area contributed by atoms with Gasteiger partial charge in [-0.25, -0.2) is 4.79 Å². The van der Waals surface area contributed by atoms with E-state index in [1.165, 1.54) is 18.8 Å². The summed E-state index contributed by atoms with van der Waals surface area (Å²) in [4.78, 5) is 51.7. The van der Waals surface area contributed by atoms with Crippen molar-refractivity contribution < 1.29 is 23.9 Å². The van der Waals surface area contributed by atoms with Crippen LogP contribution in [0, 0.1) is 11.8 Å². The Morgan fingerprint density at radius 2 is 1.58 bits per heavy atom. The van der Waals surface area contributed by atoms with Gasteiger partial charge in [0.15, 0.2) is 0 Å². The number of hydrogen-bond donors (Lipinski definition) is 1. The fraction of sp³-hybridized carbons (Fsp3) is 0.294. The molecule has 0 atom stereocenters. The van der Waals surface area contributed by atoms with Crippen molar-refractivity contribution in [1.82, 2.24) is 9.88 Å². The molecule has 0 saturated heterocycles. The number of fused-ring (bicyclic) bond motifs is 1. The van der Waals surface area contributed by atoms with Gasteiger partial charge in [-0.3, -0.25) is 19.0 Å². The zero-order chi connectivity index (χ0) is 30.5. The Morgan fingerprint density at radius 3 is 2.23 bits per heavy atom.